The van der Waals surface area contributed by atoms with Crippen LogP contribution in [-0.2, 0) is 35.2 Å². The first kappa shape index (κ1) is 24.2. The lowest BCUT2D eigenvalue weighted by Crippen LogP contribution is -2.42. The molecular weight excluding hydrogens is 430 g/mol. The van der Waals surface area contributed by atoms with Crippen molar-refractivity contribution in [1.29, 1.82) is 0 Å². The molecule has 0 fully saturated rings. The topological polar surface area (TPSA) is 101 Å². The molecule has 0 spiro atoms. The van der Waals surface area contributed by atoms with E-state index < -0.39 is 12.0 Å². The number of pyridine rings is 1. The Kier molecular flexibility index (Phi) is 8.52. The molecule has 1 aromatic carbocycles. The van der Waals surface area contributed by atoms with Gasteiger partial charge in [-0.05, 0) is 86.6 Å². The lowest BCUT2D eigenvalue weighted by atomic mass is 9.88. The molecule has 2 aliphatic rings. The zero-order chi connectivity index (χ0) is 23.8. The second kappa shape index (κ2) is 12.0. The van der Waals surface area contributed by atoms with E-state index in [0.29, 0.717) is 18.8 Å². The molecular formula is C27H35N3O4. The summed E-state index contributed by atoms with van der Waals surface area (Å²) in [5, 5.41) is 15.6. The van der Waals surface area contributed by atoms with Crippen molar-refractivity contribution in [3.8, 4) is 0 Å². The highest BCUT2D eigenvalue weighted by molar-refractivity contribution is 5.98. The summed E-state index contributed by atoms with van der Waals surface area (Å²) in [6.07, 6.45) is 9.28. The molecule has 1 unspecified atom stereocenters. The third-order valence-corrected chi connectivity index (χ3v) is 6.72. The summed E-state index contributed by atoms with van der Waals surface area (Å²) in [6.45, 7) is 1.85. The number of anilines is 1. The number of benzene rings is 1. The Morgan fingerprint density at radius 1 is 1.03 bits per heavy atom. The Bertz CT molecular complexity index is 1010. The van der Waals surface area contributed by atoms with Gasteiger partial charge in [-0.15, -0.1) is 0 Å². The normalized spacial score (nSPS) is 15.5. The number of nitrogens with zero attached hydrogens (tertiary/aromatic N) is 1. The summed E-state index contributed by atoms with van der Waals surface area (Å²) < 4.78 is 5.67. The second-order valence-corrected chi connectivity index (χ2v) is 9.21. The fourth-order valence-electron chi connectivity index (χ4n) is 4.81. The van der Waals surface area contributed by atoms with Gasteiger partial charge in [-0.3, -0.25) is 4.79 Å². The zero-order valence-corrected chi connectivity index (χ0v) is 19.8. The van der Waals surface area contributed by atoms with Crippen molar-refractivity contribution in [2.24, 2.45) is 0 Å². The van der Waals surface area contributed by atoms with Crippen LogP contribution in [0.5, 0.6) is 0 Å². The van der Waals surface area contributed by atoms with Gasteiger partial charge in [0.25, 0.3) is 5.91 Å². The number of unbranched alkanes of at least 4 members (excludes halogenated alkanes) is 1. The molecule has 182 valence electrons. The van der Waals surface area contributed by atoms with Crippen LogP contribution in [0.2, 0.25) is 0 Å². The lowest BCUT2D eigenvalue weighted by molar-refractivity contribution is -0.139. The fraction of sp³-hybridized carbons (Fsp3) is 0.519. The number of carboxylic acids is 1. The van der Waals surface area contributed by atoms with Crippen molar-refractivity contribution in [3.05, 3.63) is 58.3 Å². The van der Waals surface area contributed by atoms with Gasteiger partial charge in [-0.1, -0.05) is 18.2 Å². The van der Waals surface area contributed by atoms with E-state index in [2.05, 4.69) is 28.8 Å². The molecule has 1 aliphatic carbocycles. The molecule has 1 aromatic heterocycles. The highest BCUT2D eigenvalue weighted by Gasteiger charge is 2.23. The molecule has 0 saturated heterocycles. The van der Waals surface area contributed by atoms with Gasteiger partial charge >= 0.3 is 5.97 Å². The van der Waals surface area contributed by atoms with Crippen LogP contribution < -0.4 is 10.6 Å². The average molecular weight is 466 g/mol. The zero-order valence-electron chi connectivity index (χ0n) is 19.8. The number of aryl methyl sites for hydroxylation is 3. The Balaban J connectivity index is 1.17. The molecule has 0 bridgehead atoms. The van der Waals surface area contributed by atoms with Gasteiger partial charge in [0.05, 0.1) is 0 Å². The van der Waals surface area contributed by atoms with Crippen molar-refractivity contribution in [2.75, 3.05) is 25.1 Å². The number of carbonyl (C=O) groups is 2. The van der Waals surface area contributed by atoms with E-state index in [1.165, 1.54) is 11.1 Å². The van der Waals surface area contributed by atoms with Gasteiger partial charge < -0.3 is 20.5 Å². The maximum Gasteiger partial charge on any atom is 0.326 e. The van der Waals surface area contributed by atoms with E-state index >= 15 is 0 Å². The first-order valence-corrected chi connectivity index (χ1v) is 12.6. The molecule has 3 N–H and O–H groups in total. The largest absolute Gasteiger partial charge is 0.480 e. The number of carboxylic acid groups (broad SMARTS) is 1. The van der Waals surface area contributed by atoms with E-state index in [4.69, 9.17) is 9.72 Å². The van der Waals surface area contributed by atoms with E-state index in [1.54, 1.807) is 6.07 Å². The van der Waals surface area contributed by atoms with Crippen LogP contribution in [0.3, 0.4) is 0 Å². The molecule has 34 heavy (non-hydrogen) atoms. The molecule has 1 aliphatic heterocycles. The van der Waals surface area contributed by atoms with Gasteiger partial charge in [0, 0.05) is 37.4 Å². The van der Waals surface area contributed by atoms with Crippen LogP contribution >= 0.6 is 0 Å². The minimum atomic E-state index is -1.03. The van der Waals surface area contributed by atoms with Crippen molar-refractivity contribution in [3.63, 3.8) is 0 Å². The van der Waals surface area contributed by atoms with Gasteiger partial charge in [0.2, 0.25) is 0 Å². The van der Waals surface area contributed by atoms with Gasteiger partial charge in [0.1, 0.15) is 11.9 Å². The Morgan fingerprint density at radius 2 is 1.88 bits per heavy atom. The molecule has 1 amide bonds. The first-order chi connectivity index (χ1) is 16.6. The van der Waals surface area contributed by atoms with Crippen LogP contribution in [0.1, 0.15) is 71.3 Å². The van der Waals surface area contributed by atoms with Crippen molar-refractivity contribution in [2.45, 2.75) is 70.3 Å². The second-order valence-electron chi connectivity index (χ2n) is 9.21. The number of amides is 1. The minimum absolute atomic E-state index is 0.244. The first-order valence-electron chi connectivity index (χ1n) is 12.6. The van der Waals surface area contributed by atoms with E-state index in [1.807, 2.05) is 6.07 Å². The van der Waals surface area contributed by atoms with Crippen molar-refractivity contribution >= 4 is 17.7 Å². The van der Waals surface area contributed by atoms with Crippen LogP contribution in [0.15, 0.2) is 30.3 Å². The standard InChI is InChI=1S/C27H35N3O4/c31-26(23-12-5-8-19-7-1-2-11-22(19)23)30-24(27(32)33)15-18-34-17-4-3-10-21-14-13-20-9-6-16-28-25(20)29-21/h5,8,12-14,24H,1-4,6-7,9-11,15-18H2,(H,28,29)(H,30,31)(H,32,33). The predicted molar refractivity (Wildman–Crippen MR) is 131 cm³/mol. The SMILES string of the molecule is O=C(NC(CCOCCCCc1ccc2c(n1)NCCC2)C(=O)O)c1cccc2c1CCCC2. The van der Waals surface area contributed by atoms with E-state index in [0.717, 1.165) is 81.4 Å². The minimum Gasteiger partial charge on any atom is -0.480 e. The molecule has 0 saturated carbocycles. The number of ether oxygens (including phenoxy) is 1. The number of aromatic nitrogens is 1. The van der Waals surface area contributed by atoms with Crippen molar-refractivity contribution < 1.29 is 19.4 Å². The third kappa shape index (κ3) is 6.35. The Labute approximate surface area is 201 Å². The molecule has 2 aromatic rings. The number of aliphatic carboxylic acids is 1. The van der Waals surface area contributed by atoms with E-state index in [-0.39, 0.29) is 12.3 Å². The van der Waals surface area contributed by atoms with Crippen molar-refractivity contribution in [1.82, 2.24) is 10.3 Å². The molecule has 2 heterocycles. The van der Waals surface area contributed by atoms with Gasteiger partial charge in [0.15, 0.2) is 0 Å². The monoisotopic (exact) mass is 465 g/mol. The Hall–Kier alpha value is -2.93. The number of hydrogen-bond acceptors (Lipinski definition) is 5. The van der Waals surface area contributed by atoms with Crippen LogP contribution in [0.4, 0.5) is 5.82 Å². The number of carbonyl (C=O) groups excluding carboxylic acids is 1. The average Bonchev–Trinajstić information content (AvgIpc) is 2.86. The maximum absolute atomic E-state index is 12.8. The number of nitrogens with one attached hydrogen (secondary N) is 2. The number of rotatable bonds is 11. The molecule has 1 atom stereocenters. The summed E-state index contributed by atoms with van der Waals surface area (Å²) in [6, 6.07) is 9.06. The van der Waals surface area contributed by atoms with Crippen LogP contribution in [0.25, 0.3) is 0 Å². The number of hydrogen-bond donors (Lipinski definition) is 3. The lowest BCUT2D eigenvalue weighted by Gasteiger charge is -2.20. The van der Waals surface area contributed by atoms with Gasteiger partial charge in [-0.2, -0.15) is 0 Å². The summed E-state index contributed by atoms with van der Waals surface area (Å²) in [5.74, 6) is -0.315. The maximum atomic E-state index is 12.8. The fourth-order valence-corrected chi connectivity index (χ4v) is 4.81. The summed E-state index contributed by atoms with van der Waals surface area (Å²) in [4.78, 5) is 29.2. The highest BCUT2D eigenvalue weighted by atomic mass is 16.5. The third-order valence-electron chi connectivity index (χ3n) is 6.72. The summed E-state index contributed by atoms with van der Waals surface area (Å²) >= 11 is 0. The molecule has 0 radical (unpaired) electrons. The van der Waals surface area contributed by atoms with E-state index in [9.17, 15) is 14.7 Å². The molecule has 7 heteroatoms. The predicted octanol–water partition coefficient (Wildman–Crippen LogP) is 3.93. The van der Waals surface area contributed by atoms with Crippen LogP contribution in [-0.4, -0.2) is 47.8 Å². The molecule has 4 rings (SSSR count). The summed E-state index contributed by atoms with van der Waals surface area (Å²) in [7, 11) is 0. The molecule has 7 nitrogen and oxygen atoms in total. The van der Waals surface area contributed by atoms with Crippen LogP contribution in [0, 0.1) is 0 Å². The quantitative estimate of drug-likeness (QED) is 0.435. The Morgan fingerprint density at radius 3 is 2.76 bits per heavy atom. The summed E-state index contributed by atoms with van der Waals surface area (Å²) in [5.41, 5.74) is 5.26. The van der Waals surface area contributed by atoms with Gasteiger partial charge in [-0.25, -0.2) is 9.78 Å². The smallest absolute Gasteiger partial charge is 0.326 e. The highest BCUT2D eigenvalue weighted by Crippen LogP contribution is 2.24. The number of fused-ring (bicyclic) bond motifs is 2.